The predicted molar refractivity (Wildman–Crippen MR) is 204 cm³/mol. The lowest BCUT2D eigenvalue weighted by molar-refractivity contribution is 0.586. The van der Waals surface area contributed by atoms with Gasteiger partial charge in [0.15, 0.2) is 17.5 Å². The zero-order valence-corrected chi connectivity index (χ0v) is 27.5. The molecule has 0 bridgehead atoms. The Bertz CT molecular complexity index is 2770. The molecule has 1 unspecified atom stereocenters. The summed E-state index contributed by atoms with van der Waals surface area (Å²) in [5, 5.41) is 5.93. The molecule has 1 atom stereocenters. The van der Waals surface area contributed by atoms with Crippen molar-refractivity contribution < 1.29 is 4.42 Å². The van der Waals surface area contributed by atoms with E-state index in [9.17, 15) is 0 Å². The molecule has 0 spiro atoms. The summed E-state index contributed by atoms with van der Waals surface area (Å²) in [5.41, 5.74) is 7.58. The molecule has 9 aromatic rings. The number of thiophene rings is 1. The van der Waals surface area contributed by atoms with Crippen LogP contribution in [0.25, 0.3) is 93.3 Å². The maximum Gasteiger partial charge on any atom is 0.164 e. The van der Waals surface area contributed by atoms with E-state index in [1.54, 1.807) is 11.3 Å². The van der Waals surface area contributed by atoms with Crippen molar-refractivity contribution in [1.29, 1.82) is 0 Å². The minimum Gasteiger partial charge on any atom is -0.456 e. The molecule has 4 nitrogen and oxygen atoms in total. The van der Waals surface area contributed by atoms with Crippen LogP contribution in [-0.2, 0) is 0 Å². The van der Waals surface area contributed by atoms with Crippen molar-refractivity contribution in [3.8, 4) is 45.3 Å². The molecule has 232 valence electrons. The van der Waals surface area contributed by atoms with Gasteiger partial charge in [0.25, 0.3) is 0 Å². The van der Waals surface area contributed by atoms with Gasteiger partial charge in [-0.25, -0.2) is 15.0 Å². The van der Waals surface area contributed by atoms with Gasteiger partial charge in [-0.1, -0.05) is 110 Å². The van der Waals surface area contributed by atoms with Crippen LogP contribution in [0.3, 0.4) is 0 Å². The van der Waals surface area contributed by atoms with Gasteiger partial charge in [0.2, 0.25) is 0 Å². The number of furan rings is 1. The first-order valence-corrected chi connectivity index (χ1v) is 17.5. The maximum atomic E-state index is 6.29. The second-order valence-corrected chi connectivity index (χ2v) is 13.9. The smallest absolute Gasteiger partial charge is 0.164 e. The van der Waals surface area contributed by atoms with Crippen molar-refractivity contribution >= 4 is 59.3 Å². The lowest BCUT2D eigenvalue weighted by Crippen LogP contribution is -2.00. The number of nitrogens with zero attached hydrogens (tertiary/aromatic N) is 3. The molecule has 0 saturated heterocycles. The summed E-state index contributed by atoms with van der Waals surface area (Å²) in [5.74, 6) is 3.40. The quantitative estimate of drug-likeness (QED) is 0.191. The molecule has 0 radical (unpaired) electrons. The summed E-state index contributed by atoms with van der Waals surface area (Å²) in [7, 11) is 0. The molecule has 49 heavy (non-hydrogen) atoms. The summed E-state index contributed by atoms with van der Waals surface area (Å²) >= 11 is 1.80. The molecule has 1 aliphatic rings. The third-order valence-corrected chi connectivity index (χ3v) is 10.9. The molecule has 10 rings (SSSR count). The third-order valence-electron chi connectivity index (χ3n) is 9.75. The Kier molecular flexibility index (Phi) is 6.36. The minimum atomic E-state index is 0.418. The number of fused-ring (bicyclic) bond motifs is 7. The van der Waals surface area contributed by atoms with Crippen LogP contribution in [0.2, 0.25) is 0 Å². The van der Waals surface area contributed by atoms with Gasteiger partial charge in [-0.15, -0.1) is 11.3 Å². The van der Waals surface area contributed by atoms with Crippen LogP contribution in [0.1, 0.15) is 30.6 Å². The Hall–Kier alpha value is -5.91. The average molecular weight is 648 g/mol. The monoisotopic (exact) mass is 647 g/mol. The molecule has 1 aliphatic carbocycles. The van der Waals surface area contributed by atoms with Gasteiger partial charge >= 0.3 is 0 Å². The summed E-state index contributed by atoms with van der Waals surface area (Å²) in [6.45, 7) is 2.29. The van der Waals surface area contributed by atoms with Gasteiger partial charge in [-0.3, -0.25) is 0 Å². The van der Waals surface area contributed by atoms with Gasteiger partial charge in [0.05, 0.1) is 0 Å². The van der Waals surface area contributed by atoms with E-state index in [2.05, 4.69) is 128 Å². The summed E-state index contributed by atoms with van der Waals surface area (Å²) in [4.78, 5) is 15.3. The topological polar surface area (TPSA) is 51.8 Å². The molecule has 3 aromatic heterocycles. The fourth-order valence-electron chi connectivity index (χ4n) is 7.40. The normalized spacial score (nSPS) is 14.3. The minimum absolute atomic E-state index is 0.418. The number of hydrogen-bond acceptors (Lipinski definition) is 5. The second-order valence-electron chi connectivity index (χ2n) is 12.8. The van der Waals surface area contributed by atoms with Crippen LogP contribution >= 0.6 is 11.3 Å². The van der Waals surface area contributed by atoms with E-state index >= 15 is 0 Å². The Morgan fingerprint density at radius 2 is 1.29 bits per heavy atom. The van der Waals surface area contributed by atoms with Gasteiger partial charge in [0.1, 0.15) is 11.3 Å². The molecule has 0 fully saturated rings. The molecule has 0 aliphatic heterocycles. The first kappa shape index (κ1) is 28.1. The number of aromatic nitrogens is 3. The van der Waals surface area contributed by atoms with Gasteiger partial charge in [0, 0.05) is 47.8 Å². The Labute approximate surface area is 287 Å². The lowest BCUT2D eigenvalue weighted by atomic mass is 9.87. The highest BCUT2D eigenvalue weighted by molar-refractivity contribution is 7.25. The van der Waals surface area contributed by atoms with Crippen LogP contribution in [0.4, 0.5) is 0 Å². The van der Waals surface area contributed by atoms with Crippen molar-refractivity contribution in [1.82, 2.24) is 15.0 Å². The van der Waals surface area contributed by atoms with Gasteiger partial charge in [-0.05, 0) is 70.6 Å². The van der Waals surface area contributed by atoms with Crippen molar-refractivity contribution in [3.05, 3.63) is 145 Å². The Balaban J connectivity index is 1.12. The Morgan fingerprint density at radius 3 is 2.16 bits per heavy atom. The van der Waals surface area contributed by atoms with Crippen LogP contribution in [0.5, 0.6) is 0 Å². The Morgan fingerprint density at radius 1 is 0.592 bits per heavy atom. The van der Waals surface area contributed by atoms with Crippen molar-refractivity contribution in [3.63, 3.8) is 0 Å². The summed E-state index contributed by atoms with van der Waals surface area (Å²) in [6, 6.07) is 44.8. The van der Waals surface area contributed by atoms with Gasteiger partial charge < -0.3 is 4.42 Å². The van der Waals surface area contributed by atoms with E-state index in [0.29, 0.717) is 23.4 Å². The zero-order chi connectivity index (χ0) is 32.5. The van der Waals surface area contributed by atoms with Crippen LogP contribution in [0, 0.1) is 0 Å². The van der Waals surface area contributed by atoms with E-state index < -0.39 is 0 Å². The lowest BCUT2D eigenvalue weighted by Gasteiger charge is -2.14. The number of hydrogen-bond donors (Lipinski definition) is 0. The van der Waals surface area contributed by atoms with Crippen molar-refractivity contribution in [2.75, 3.05) is 0 Å². The van der Waals surface area contributed by atoms with Crippen LogP contribution in [0.15, 0.2) is 138 Å². The molecule has 0 saturated carbocycles. The number of benzene rings is 6. The molecule has 5 heteroatoms. The van der Waals surface area contributed by atoms with Crippen molar-refractivity contribution in [2.24, 2.45) is 0 Å². The SMILES string of the molecule is CC1CC=Cc2oc3cccc(-c4ccc5cc(-c6nc(-c7ccccc7)nc(-c7cccc8sc9ccccc9c78)n6)ccc5c4)c3c21. The number of allylic oxidation sites excluding steroid dienone is 1. The summed E-state index contributed by atoms with van der Waals surface area (Å²) < 4.78 is 8.77. The fraction of sp³-hybridized carbons (Fsp3) is 0.0682. The highest BCUT2D eigenvalue weighted by Crippen LogP contribution is 2.43. The van der Waals surface area contributed by atoms with E-state index in [1.807, 2.05) is 18.2 Å². The standard InChI is InChI=1S/C44H29N3OS/c1-26-10-7-16-35-39(26)41-32(14-8-17-36(41)48-35)30-22-20-29-25-31(23-21-28(29)24-30)43-45-42(27-11-3-2-4-12-27)46-44(47-43)34-15-9-19-38-40(34)33-13-5-6-18-37(33)49-38/h2-9,11-26H,10H2,1H3. The summed E-state index contributed by atoms with van der Waals surface area (Å²) in [6.07, 6.45) is 5.37. The first-order chi connectivity index (χ1) is 24.2. The average Bonchev–Trinajstić information content (AvgIpc) is 3.74. The van der Waals surface area contributed by atoms with Gasteiger partial charge in [-0.2, -0.15) is 0 Å². The molecule has 3 heterocycles. The zero-order valence-electron chi connectivity index (χ0n) is 26.7. The van der Waals surface area contributed by atoms with Crippen LogP contribution < -0.4 is 0 Å². The van der Waals surface area contributed by atoms with E-state index in [4.69, 9.17) is 19.4 Å². The maximum absolute atomic E-state index is 6.29. The molecule has 0 amide bonds. The highest BCUT2D eigenvalue weighted by Gasteiger charge is 2.23. The molecular weight excluding hydrogens is 619 g/mol. The second kappa shape index (κ2) is 11.1. The largest absolute Gasteiger partial charge is 0.456 e. The van der Waals surface area contributed by atoms with Crippen LogP contribution in [-0.4, -0.2) is 15.0 Å². The third kappa shape index (κ3) is 4.61. The molecule has 0 N–H and O–H groups in total. The highest BCUT2D eigenvalue weighted by atomic mass is 32.1. The first-order valence-electron chi connectivity index (χ1n) is 16.7. The fourth-order valence-corrected chi connectivity index (χ4v) is 8.53. The predicted octanol–water partition coefficient (Wildman–Crippen LogP) is 12.3. The van der Waals surface area contributed by atoms with E-state index in [0.717, 1.165) is 45.2 Å². The van der Waals surface area contributed by atoms with E-state index in [1.165, 1.54) is 42.2 Å². The van der Waals surface area contributed by atoms with Crippen molar-refractivity contribution in [2.45, 2.75) is 19.3 Å². The number of rotatable bonds is 4. The van der Waals surface area contributed by atoms with E-state index in [-0.39, 0.29) is 0 Å². The molecular formula is C44H29N3OS. The molecule has 6 aromatic carbocycles.